The van der Waals surface area contributed by atoms with Crippen molar-refractivity contribution >= 4 is 12.3 Å². The van der Waals surface area contributed by atoms with Crippen molar-refractivity contribution in [2.45, 2.75) is 46.5 Å². The molecule has 116 valence electrons. The van der Waals surface area contributed by atoms with Crippen molar-refractivity contribution in [1.29, 1.82) is 0 Å². The van der Waals surface area contributed by atoms with Crippen LogP contribution in [0, 0.1) is 17.3 Å². The highest BCUT2D eigenvalue weighted by Crippen LogP contribution is 2.38. The third-order valence-electron chi connectivity index (χ3n) is 4.17. The molecule has 3 unspecified atom stereocenters. The number of carboxylic acid groups (broad SMARTS) is 1. The van der Waals surface area contributed by atoms with Gasteiger partial charge in [-0.1, -0.05) is 42.9 Å². The molecule has 3 heteroatoms. The van der Waals surface area contributed by atoms with Gasteiger partial charge >= 0.3 is 5.97 Å². The molecule has 0 aromatic rings. The standard InChI is InChI=1S/C18H26O3/c1-14(2)7-6-8-15(3)10-12-18(13-19)11-5-4-9-16(18)17(20)21/h4-5,7,9,11,13,15-16H,6,8,10,12H2,1-3H3,(H,20,21). The topological polar surface area (TPSA) is 54.4 Å². The molecule has 0 spiro atoms. The lowest BCUT2D eigenvalue weighted by atomic mass is 9.70. The Morgan fingerprint density at radius 1 is 1.33 bits per heavy atom. The Morgan fingerprint density at radius 3 is 2.62 bits per heavy atom. The normalized spacial score (nSPS) is 25.4. The van der Waals surface area contributed by atoms with Crippen molar-refractivity contribution in [2.24, 2.45) is 17.3 Å². The Balaban J connectivity index is 2.63. The number of aldehydes is 1. The fourth-order valence-corrected chi connectivity index (χ4v) is 2.71. The predicted molar refractivity (Wildman–Crippen MR) is 85.0 cm³/mol. The van der Waals surface area contributed by atoms with Gasteiger partial charge in [-0.25, -0.2) is 0 Å². The van der Waals surface area contributed by atoms with Crippen LogP contribution in [0.3, 0.4) is 0 Å². The van der Waals surface area contributed by atoms with Gasteiger partial charge in [-0.05, 0) is 45.4 Å². The second-order valence-corrected chi connectivity index (χ2v) is 6.29. The van der Waals surface area contributed by atoms with E-state index in [9.17, 15) is 14.7 Å². The average Bonchev–Trinajstić information content (AvgIpc) is 2.44. The van der Waals surface area contributed by atoms with E-state index in [2.05, 4.69) is 26.8 Å². The van der Waals surface area contributed by atoms with Crippen molar-refractivity contribution in [1.82, 2.24) is 0 Å². The lowest BCUT2D eigenvalue weighted by Gasteiger charge is -2.31. The number of aliphatic carboxylic acids is 1. The van der Waals surface area contributed by atoms with Gasteiger partial charge in [0.25, 0.3) is 0 Å². The van der Waals surface area contributed by atoms with Gasteiger partial charge in [0.15, 0.2) is 0 Å². The van der Waals surface area contributed by atoms with Crippen LogP contribution in [0.5, 0.6) is 0 Å². The number of hydrogen-bond acceptors (Lipinski definition) is 2. The van der Waals surface area contributed by atoms with Crippen LogP contribution in [0.4, 0.5) is 0 Å². The fourth-order valence-electron chi connectivity index (χ4n) is 2.71. The summed E-state index contributed by atoms with van der Waals surface area (Å²) in [6.07, 6.45) is 13.4. The summed E-state index contributed by atoms with van der Waals surface area (Å²) in [5.74, 6) is -1.20. The number of carboxylic acids is 1. The van der Waals surface area contributed by atoms with Gasteiger partial charge in [0.2, 0.25) is 0 Å². The lowest BCUT2D eigenvalue weighted by Crippen LogP contribution is -2.36. The van der Waals surface area contributed by atoms with Crippen LogP contribution >= 0.6 is 0 Å². The molecule has 0 aromatic carbocycles. The van der Waals surface area contributed by atoms with Gasteiger partial charge in [0.1, 0.15) is 6.29 Å². The average molecular weight is 290 g/mol. The highest BCUT2D eigenvalue weighted by atomic mass is 16.4. The molecule has 1 N–H and O–H groups in total. The van der Waals surface area contributed by atoms with E-state index in [0.717, 1.165) is 25.5 Å². The van der Waals surface area contributed by atoms with E-state index in [1.807, 2.05) is 0 Å². The second kappa shape index (κ2) is 7.96. The quantitative estimate of drug-likeness (QED) is 0.539. The van der Waals surface area contributed by atoms with Crippen molar-refractivity contribution < 1.29 is 14.7 Å². The summed E-state index contributed by atoms with van der Waals surface area (Å²) in [5.41, 5.74) is 0.434. The molecule has 1 aliphatic rings. The van der Waals surface area contributed by atoms with Crippen LogP contribution < -0.4 is 0 Å². The largest absolute Gasteiger partial charge is 0.481 e. The zero-order valence-corrected chi connectivity index (χ0v) is 13.2. The van der Waals surface area contributed by atoms with Gasteiger partial charge < -0.3 is 9.90 Å². The highest BCUT2D eigenvalue weighted by Gasteiger charge is 2.40. The summed E-state index contributed by atoms with van der Waals surface area (Å²) in [6, 6.07) is 0. The third kappa shape index (κ3) is 5.00. The molecule has 0 amide bonds. The minimum atomic E-state index is -0.931. The summed E-state index contributed by atoms with van der Waals surface area (Å²) in [6.45, 7) is 6.33. The lowest BCUT2D eigenvalue weighted by molar-refractivity contribution is -0.145. The van der Waals surface area contributed by atoms with Crippen LogP contribution in [0.25, 0.3) is 0 Å². The van der Waals surface area contributed by atoms with Crippen molar-refractivity contribution in [3.05, 3.63) is 36.0 Å². The maximum Gasteiger partial charge on any atom is 0.311 e. The maximum absolute atomic E-state index is 11.6. The molecule has 0 heterocycles. The minimum absolute atomic E-state index is 0.478. The monoisotopic (exact) mass is 290 g/mol. The Hall–Kier alpha value is -1.64. The van der Waals surface area contributed by atoms with Crippen LogP contribution in [-0.4, -0.2) is 17.4 Å². The Morgan fingerprint density at radius 2 is 2.05 bits per heavy atom. The Kier molecular flexibility index (Phi) is 6.60. The van der Waals surface area contributed by atoms with E-state index in [-0.39, 0.29) is 0 Å². The fraction of sp³-hybridized carbons (Fsp3) is 0.556. The van der Waals surface area contributed by atoms with Crippen LogP contribution in [0.2, 0.25) is 0 Å². The molecule has 21 heavy (non-hydrogen) atoms. The molecule has 0 aliphatic heterocycles. The summed E-state index contributed by atoms with van der Waals surface area (Å²) in [5, 5.41) is 9.32. The number of hydrogen-bond donors (Lipinski definition) is 1. The molecule has 0 saturated heterocycles. The summed E-state index contributed by atoms with van der Waals surface area (Å²) < 4.78 is 0. The maximum atomic E-state index is 11.6. The van der Waals surface area contributed by atoms with E-state index in [0.29, 0.717) is 12.3 Å². The molecule has 0 aromatic heterocycles. The molecule has 0 fully saturated rings. The number of carbonyl (C=O) groups is 2. The molecular formula is C18H26O3. The van der Waals surface area contributed by atoms with E-state index >= 15 is 0 Å². The molecule has 0 saturated carbocycles. The highest BCUT2D eigenvalue weighted by molar-refractivity contribution is 5.81. The van der Waals surface area contributed by atoms with E-state index in [1.165, 1.54) is 5.57 Å². The SMILES string of the molecule is CC(C)=CCCC(C)CCC1(C=O)C=CC=CC1C(=O)O. The molecule has 0 bridgehead atoms. The van der Waals surface area contributed by atoms with Crippen molar-refractivity contribution in [3.63, 3.8) is 0 Å². The van der Waals surface area contributed by atoms with Gasteiger partial charge in [-0.2, -0.15) is 0 Å². The summed E-state index contributed by atoms with van der Waals surface area (Å²) in [7, 11) is 0. The zero-order chi connectivity index (χ0) is 15.9. The van der Waals surface area contributed by atoms with E-state index < -0.39 is 17.3 Å². The summed E-state index contributed by atoms with van der Waals surface area (Å²) >= 11 is 0. The van der Waals surface area contributed by atoms with Crippen molar-refractivity contribution in [3.8, 4) is 0 Å². The number of rotatable bonds is 8. The smallest absolute Gasteiger partial charge is 0.311 e. The number of carbonyl (C=O) groups excluding carboxylic acids is 1. The van der Waals surface area contributed by atoms with E-state index in [1.54, 1.807) is 24.3 Å². The van der Waals surface area contributed by atoms with Gasteiger partial charge in [-0.3, -0.25) is 4.79 Å². The van der Waals surface area contributed by atoms with Gasteiger partial charge in [0.05, 0.1) is 11.3 Å². The molecule has 1 aliphatic carbocycles. The third-order valence-corrected chi connectivity index (χ3v) is 4.17. The Bertz CT molecular complexity index is 455. The second-order valence-electron chi connectivity index (χ2n) is 6.29. The first kappa shape index (κ1) is 17.4. The first-order valence-electron chi connectivity index (χ1n) is 7.60. The predicted octanol–water partition coefficient (Wildman–Crippen LogP) is 4.16. The molecule has 1 rings (SSSR count). The minimum Gasteiger partial charge on any atom is -0.481 e. The molecular weight excluding hydrogens is 264 g/mol. The summed E-state index contributed by atoms with van der Waals surface area (Å²) in [4.78, 5) is 22.9. The van der Waals surface area contributed by atoms with E-state index in [4.69, 9.17) is 0 Å². The van der Waals surface area contributed by atoms with Crippen LogP contribution in [0.1, 0.15) is 46.5 Å². The molecule has 0 radical (unpaired) electrons. The first-order chi connectivity index (χ1) is 9.91. The van der Waals surface area contributed by atoms with Crippen LogP contribution in [-0.2, 0) is 9.59 Å². The number of allylic oxidation sites excluding steroid dienone is 5. The van der Waals surface area contributed by atoms with Crippen LogP contribution in [0.15, 0.2) is 36.0 Å². The van der Waals surface area contributed by atoms with Gasteiger partial charge in [-0.15, -0.1) is 0 Å². The zero-order valence-electron chi connectivity index (χ0n) is 13.2. The first-order valence-corrected chi connectivity index (χ1v) is 7.60. The van der Waals surface area contributed by atoms with Crippen molar-refractivity contribution in [2.75, 3.05) is 0 Å². The molecule has 3 atom stereocenters. The molecule has 3 nitrogen and oxygen atoms in total. The Labute approximate surface area is 127 Å². The van der Waals surface area contributed by atoms with Gasteiger partial charge in [0, 0.05) is 0 Å².